The summed E-state index contributed by atoms with van der Waals surface area (Å²) in [5, 5.41) is 14.6. The predicted molar refractivity (Wildman–Crippen MR) is 125 cm³/mol. The third-order valence-corrected chi connectivity index (χ3v) is 5.24. The summed E-state index contributed by atoms with van der Waals surface area (Å²) in [7, 11) is 1.38. The van der Waals surface area contributed by atoms with Gasteiger partial charge in [-0.25, -0.2) is 5.48 Å². The molecule has 2 aromatic carbocycles. The van der Waals surface area contributed by atoms with Crippen molar-refractivity contribution in [2.24, 2.45) is 0 Å². The van der Waals surface area contributed by atoms with Gasteiger partial charge in [-0.3, -0.25) is 19.6 Å². The van der Waals surface area contributed by atoms with Gasteiger partial charge >= 0.3 is 5.97 Å². The van der Waals surface area contributed by atoms with Crippen LogP contribution in [0.1, 0.15) is 49.7 Å². The van der Waals surface area contributed by atoms with Crippen molar-refractivity contribution in [2.75, 3.05) is 12.4 Å². The van der Waals surface area contributed by atoms with E-state index in [2.05, 4.69) is 10.6 Å². The van der Waals surface area contributed by atoms with Crippen molar-refractivity contribution >= 4 is 23.5 Å². The Morgan fingerprint density at radius 2 is 1.48 bits per heavy atom. The van der Waals surface area contributed by atoms with E-state index in [0.29, 0.717) is 25.8 Å². The third kappa shape index (κ3) is 10.3. The molecular weight excluding hydrogens is 422 g/mol. The molecule has 2 aromatic rings. The molecule has 8 heteroatoms. The zero-order valence-electron chi connectivity index (χ0n) is 19.0. The van der Waals surface area contributed by atoms with Crippen molar-refractivity contribution in [2.45, 2.75) is 57.5 Å². The first-order chi connectivity index (χ1) is 16.0. The van der Waals surface area contributed by atoms with Gasteiger partial charge in [0.2, 0.25) is 11.8 Å². The molecule has 0 radical (unpaired) electrons. The highest BCUT2D eigenvalue weighted by Gasteiger charge is 2.19. The van der Waals surface area contributed by atoms with Crippen molar-refractivity contribution in [3.05, 3.63) is 65.7 Å². The van der Waals surface area contributed by atoms with E-state index < -0.39 is 6.04 Å². The van der Waals surface area contributed by atoms with Gasteiger partial charge in [0.05, 0.1) is 7.11 Å². The first-order valence-electron chi connectivity index (χ1n) is 11.2. The average molecular weight is 456 g/mol. The third-order valence-electron chi connectivity index (χ3n) is 5.24. The second-order valence-corrected chi connectivity index (χ2v) is 7.84. The summed E-state index contributed by atoms with van der Waals surface area (Å²) in [6, 6.07) is 16.8. The van der Waals surface area contributed by atoms with Crippen molar-refractivity contribution in [1.82, 2.24) is 10.8 Å². The van der Waals surface area contributed by atoms with Gasteiger partial charge in [-0.05, 0) is 42.5 Å². The first kappa shape index (κ1) is 26.0. The lowest BCUT2D eigenvalue weighted by Crippen LogP contribution is -2.39. The Hall–Kier alpha value is -3.23. The van der Waals surface area contributed by atoms with Crippen LogP contribution in [0.3, 0.4) is 0 Å². The first-order valence-corrected chi connectivity index (χ1v) is 11.2. The van der Waals surface area contributed by atoms with E-state index in [0.717, 1.165) is 36.1 Å². The molecule has 1 atom stereocenters. The van der Waals surface area contributed by atoms with Gasteiger partial charge in [0.1, 0.15) is 6.04 Å². The van der Waals surface area contributed by atoms with E-state index in [9.17, 15) is 14.4 Å². The molecule has 178 valence electrons. The minimum atomic E-state index is -0.449. The van der Waals surface area contributed by atoms with Crippen LogP contribution in [0.25, 0.3) is 0 Å². The number of rotatable bonds is 14. The van der Waals surface area contributed by atoms with Gasteiger partial charge in [-0.15, -0.1) is 0 Å². The Kier molecular flexibility index (Phi) is 11.6. The lowest BCUT2D eigenvalue weighted by Gasteiger charge is -2.17. The molecule has 0 aromatic heterocycles. The van der Waals surface area contributed by atoms with Crippen molar-refractivity contribution in [1.29, 1.82) is 0 Å². The average Bonchev–Trinajstić information content (AvgIpc) is 2.84. The molecule has 4 N–H and O–H groups in total. The lowest BCUT2D eigenvalue weighted by atomic mass is 10.1. The SMILES string of the molecule is COC(=O)[C@H](Cc1ccccc1)NCc1ccc(NC(=O)CCCCCCC(=O)NO)cc1. The van der Waals surface area contributed by atoms with Crippen LogP contribution in [0.2, 0.25) is 0 Å². The molecule has 0 fully saturated rings. The van der Waals surface area contributed by atoms with Crippen LogP contribution in [-0.2, 0) is 32.1 Å². The Morgan fingerprint density at radius 3 is 2.09 bits per heavy atom. The number of carbonyl (C=O) groups excluding carboxylic acids is 3. The predicted octanol–water partition coefficient (Wildman–Crippen LogP) is 3.35. The number of hydrogen-bond acceptors (Lipinski definition) is 6. The number of methoxy groups -OCH3 is 1. The van der Waals surface area contributed by atoms with E-state index in [1.54, 1.807) is 5.48 Å². The quantitative estimate of drug-likeness (QED) is 0.150. The van der Waals surface area contributed by atoms with Crippen LogP contribution >= 0.6 is 0 Å². The minimum Gasteiger partial charge on any atom is -0.468 e. The number of unbranched alkanes of at least 4 members (excludes halogenated alkanes) is 3. The Bertz CT molecular complexity index is 871. The summed E-state index contributed by atoms with van der Waals surface area (Å²) in [6.45, 7) is 0.495. The fraction of sp³-hybridized carbons (Fsp3) is 0.400. The highest BCUT2D eigenvalue weighted by molar-refractivity contribution is 5.90. The maximum atomic E-state index is 12.1. The van der Waals surface area contributed by atoms with Crippen LogP contribution in [0.4, 0.5) is 5.69 Å². The Morgan fingerprint density at radius 1 is 0.848 bits per heavy atom. The van der Waals surface area contributed by atoms with Crippen LogP contribution < -0.4 is 16.1 Å². The molecule has 0 saturated carbocycles. The second-order valence-electron chi connectivity index (χ2n) is 7.84. The summed E-state index contributed by atoms with van der Waals surface area (Å²) in [5.74, 6) is -0.745. The molecule has 0 bridgehead atoms. The molecule has 0 spiro atoms. The molecule has 2 amide bonds. The summed E-state index contributed by atoms with van der Waals surface area (Å²) >= 11 is 0. The molecular formula is C25H33N3O5. The molecule has 0 aliphatic rings. The molecule has 0 aliphatic heterocycles. The molecule has 0 saturated heterocycles. The van der Waals surface area contributed by atoms with E-state index in [4.69, 9.17) is 9.94 Å². The summed E-state index contributed by atoms with van der Waals surface area (Å²) in [5.41, 5.74) is 4.37. The van der Waals surface area contributed by atoms with E-state index in [1.165, 1.54) is 7.11 Å². The number of hydroxylamine groups is 1. The van der Waals surface area contributed by atoms with Gasteiger partial charge in [-0.2, -0.15) is 0 Å². The number of esters is 1. The zero-order chi connectivity index (χ0) is 23.9. The Labute approximate surface area is 194 Å². The molecule has 33 heavy (non-hydrogen) atoms. The van der Waals surface area contributed by atoms with Crippen molar-refractivity contribution in [3.8, 4) is 0 Å². The summed E-state index contributed by atoms with van der Waals surface area (Å²) in [6.07, 6.45) is 4.35. The number of benzene rings is 2. The van der Waals surface area contributed by atoms with Crippen molar-refractivity contribution in [3.63, 3.8) is 0 Å². The monoisotopic (exact) mass is 455 g/mol. The van der Waals surface area contributed by atoms with E-state index in [-0.39, 0.29) is 24.2 Å². The zero-order valence-corrected chi connectivity index (χ0v) is 19.0. The number of nitrogens with one attached hydrogen (secondary N) is 3. The van der Waals surface area contributed by atoms with Gasteiger partial charge in [0.25, 0.3) is 0 Å². The Balaban J connectivity index is 1.73. The van der Waals surface area contributed by atoms with Crippen molar-refractivity contribution < 1.29 is 24.3 Å². The normalized spacial score (nSPS) is 11.5. The summed E-state index contributed by atoms with van der Waals surface area (Å²) in [4.78, 5) is 35.2. The van der Waals surface area contributed by atoms with Crippen LogP contribution in [0.5, 0.6) is 0 Å². The maximum Gasteiger partial charge on any atom is 0.323 e. The van der Waals surface area contributed by atoms with E-state index >= 15 is 0 Å². The fourth-order valence-corrected chi connectivity index (χ4v) is 3.38. The molecule has 2 rings (SSSR count). The highest BCUT2D eigenvalue weighted by atomic mass is 16.5. The largest absolute Gasteiger partial charge is 0.468 e. The number of anilines is 1. The topological polar surface area (TPSA) is 117 Å². The fourth-order valence-electron chi connectivity index (χ4n) is 3.38. The van der Waals surface area contributed by atoms with Gasteiger partial charge < -0.3 is 15.4 Å². The molecule has 0 aliphatic carbocycles. The maximum absolute atomic E-state index is 12.1. The van der Waals surface area contributed by atoms with Crippen LogP contribution in [0.15, 0.2) is 54.6 Å². The summed E-state index contributed by atoms with van der Waals surface area (Å²) < 4.78 is 4.93. The van der Waals surface area contributed by atoms with Gasteiger partial charge in [0.15, 0.2) is 0 Å². The number of carbonyl (C=O) groups is 3. The van der Waals surface area contributed by atoms with Crippen LogP contribution in [-0.4, -0.2) is 36.1 Å². The lowest BCUT2D eigenvalue weighted by molar-refractivity contribution is -0.143. The van der Waals surface area contributed by atoms with Crippen LogP contribution in [0, 0.1) is 0 Å². The standard InChI is InChI=1S/C25H33N3O5/c1-33-25(31)22(17-19-9-5-4-6-10-19)26-18-20-13-15-21(16-14-20)27-23(29)11-7-2-3-8-12-24(30)28-32/h4-6,9-10,13-16,22,26,32H,2-3,7-8,11-12,17-18H2,1H3,(H,27,29)(H,28,30)/t22-/m0/s1. The van der Waals surface area contributed by atoms with E-state index in [1.807, 2.05) is 54.6 Å². The molecule has 8 nitrogen and oxygen atoms in total. The molecule has 0 heterocycles. The number of ether oxygens (including phenoxy) is 1. The smallest absolute Gasteiger partial charge is 0.323 e. The molecule has 0 unspecified atom stereocenters. The number of amides is 2. The second kappa shape index (κ2) is 14.8. The minimum absolute atomic E-state index is 0.0532. The number of hydrogen-bond donors (Lipinski definition) is 4. The van der Waals surface area contributed by atoms with Gasteiger partial charge in [0, 0.05) is 25.1 Å². The van der Waals surface area contributed by atoms with Gasteiger partial charge in [-0.1, -0.05) is 55.3 Å². The highest BCUT2D eigenvalue weighted by Crippen LogP contribution is 2.12.